The first-order chi connectivity index (χ1) is 11.7. The highest BCUT2D eigenvalue weighted by Gasteiger charge is 2.07. The maximum absolute atomic E-state index is 11.1. The topological polar surface area (TPSA) is 80.0 Å². The molecule has 3 rings (SSSR count). The lowest BCUT2D eigenvalue weighted by atomic mass is 10.1. The van der Waals surface area contributed by atoms with Gasteiger partial charge in [-0.1, -0.05) is 41.6 Å². The lowest BCUT2D eigenvalue weighted by molar-refractivity contribution is -0.114. The number of aromatic nitrogens is 2. The van der Waals surface area contributed by atoms with E-state index in [0.29, 0.717) is 24.7 Å². The number of carbonyl (C=O) groups excluding carboxylic acids is 1. The van der Waals surface area contributed by atoms with Crippen LogP contribution in [0.4, 0.5) is 11.4 Å². The molecule has 0 atom stereocenters. The van der Waals surface area contributed by atoms with Crippen LogP contribution in [-0.2, 0) is 17.8 Å². The third-order valence-electron chi connectivity index (χ3n) is 3.34. The molecular formula is C18H18N4O2. The molecule has 6 nitrogen and oxygen atoms in total. The van der Waals surface area contributed by atoms with Crippen LogP contribution in [0.2, 0.25) is 0 Å². The average molecular weight is 322 g/mol. The first-order valence-electron chi connectivity index (χ1n) is 7.66. The van der Waals surface area contributed by atoms with E-state index in [-0.39, 0.29) is 5.91 Å². The summed E-state index contributed by atoms with van der Waals surface area (Å²) in [7, 11) is 0. The van der Waals surface area contributed by atoms with Crippen LogP contribution < -0.4 is 10.6 Å². The van der Waals surface area contributed by atoms with Gasteiger partial charge in [-0.3, -0.25) is 4.79 Å². The van der Waals surface area contributed by atoms with Crippen LogP contribution in [0.1, 0.15) is 24.2 Å². The van der Waals surface area contributed by atoms with Gasteiger partial charge in [0.15, 0.2) is 5.82 Å². The second-order valence-corrected chi connectivity index (χ2v) is 5.38. The summed E-state index contributed by atoms with van der Waals surface area (Å²) in [6, 6.07) is 17.5. The lowest BCUT2D eigenvalue weighted by Gasteiger charge is -2.06. The van der Waals surface area contributed by atoms with Crippen LogP contribution in [0.25, 0.3) is 0 Å². The third-order valence-corrected chi connectivity index (χ3v) is 3.34. The highest BCUT2D eigenvalue weighted by Crippen LogP contribution is 2.16. The second-order valence-electron chi connectivity index (χ2n) is 5.38. The summed E-state index contributed by atoms with van der Waals surface area (Å²) in [5, 5.41) is 9.94. The van der Waals surface area contributed by atoms with Crippen molar-refractivity contribution in [1.29, 1.82) is 0 Å². The van der Waals surface area contributed by atoms with Crippen LogP contribution in [0.3, 0.4) is 0 Å². The molecule has 6 heteroatoms. The van der Waals surface area contributed by atoms with E-state index in [9.17, 15) is 4.79 Å². The minimum atomic E-state index is -0.101. The molecule has 0 fully saturated rings. The molecule has 1 amide bonds. The largest absolute Gasteiger partial charge is 0.378 e. The van der Waals surface area contributed by atoms with Gasteiger partial charge in [-0.25, -0.2) is 0 Å². The summed E-state index contributed by atoms with van der Waals surface area (Å²) < 4.78 is 5.28. The molecule has 0 bridgehead atoms. The molecule has 122 valence electrons. The minimum absolute atomic E-state index is 0.101. The van der Waals surface area contributed by atoms with Gasteiger partial charge in [0.2, 0.25) is 11.8 Å². The molecular weight excluding hydrogens is 304 g/mol. The fraction of sp³-hybridized carbons (Fsp3) is 0.167. The lowest BCUT2D eigenvalue weighted by Crippen LogP contribution is -2.06. The third kappa shape index (κ3) is 4.42. The van der Waals surface area contributed by atoms with Crippen molar-refractivity contribution in [3.8, 4) is 0 Å². The average Bonchev–Trinajstić information content (AvgIpc) is 3.01. The number of benzene rings is 2. The Morgan fingerprint density at radius 3 is 2.67 bits per heavy atom. The number of nitrogens with one attached hydrogen (secondary N) is 2. The van der Waals surface area contributed by atoms with Gasteiger partial charge in [0.05, 0.1) is 13.0 Å². The molecule has 0 aliphatic carbocycles. The standard InChI is InChI=1S/C18H18N4O2/c1-13(23)20-16-9-5-8-15(11-16)19-12-17-21-18(24-22-17)10-14-6-3-2-4-7-14/h2-9,11,19H,10,12H2,1H3,(H,20,23). The molecule has 0 spiro atoms. The van der Waals surface area contributed by atoms with Gasteiger partial charge in [-0.15, -0.1) is 0 Å². The maximum Gasteiger partial charge on any atom is 0.231 e. The van der Waals surface area contributed by atoms with Crippen molar-refractivity contribution in [3.63, 3.8) is 0 Å². The summed E-state index contributed by atoms with van der Waals surface area (Å²) in [5.41, 5.74) is 2.74. The highest BCUT2D eigenvalue weighted by molar-refractivity contribution is 5.89. The molecule has 0 radical (unpaired) electrons. The predicted molar refractivity (Wildman–Crippen MR) is 91.6 cm³/mol. The monoisotopic (exact) mass is 322 g/mol. The molecule has 0 saturated heterocycles. The normalized spacial score (nSPS) is 10.4. The van der Waals surface area contributed by atoms with Crippen molar-refractivity contribution in [2.24, 2.45) is 0 Å². The molecule has 1 aromatic heterocycles. The van der Waals surface area contributed by atoms with Crippen molar-refractivity contribution in [3.05, 3.63) is 71.9 Å². The molecule has 2 N–H and O–H groups in total. The summed E-state index contributed by atoms with van der Waals surface area (Å²) in [6.45, 7) is 1.93. The van der Waals surface area contributed by atoms with E-state index in [1.807, 2.05) is 54.6 Å². The Kier molecular flexibility index (Phi) is 4.86. The molecule has 3 aromatic rings. The number of anilines is 2. The predicted octanol–water partition coefficient (Wildman–Crippen LogP) is 3.23. The fourth-order valence-corrected chi connectivity index (χ4v) is 2.30. The van der Waals surface area contributed by atoms with Crippen molar-refractivity contribution in [2.75, 3.05) is 10.6 Å². The summed E-state index contributed by atoms with van der Waals surface area (Å²) in [5.74, 6) is 1.08. The molecule has 24 heavy (non-hydrogen) atoms. The summed E-state index contributed by atoms with van der Waals surface area (Å²) in [6.07, 6.45) is 0.617. The van der Waals surface area contributed by atoms with Crippen LogP contribution in [0, 0.1) is 0 Å². The minimum Gasteiger partial charge on any atom is -0.378 e. The van der Waals surface area contributed by atoms with Crippen LogP contribution >= 0.6 is 0 Å². The first-order valence-corrected chi connectivity index (χ1v) is 7.66. The van der Waals surface area contributed by atoms with E-state index in [1.165, 1.54) is 6.92 Å². The molecule has 0 aliphatic heterocycles. The van der Waals surface area contributed by atoms with Crippen LogP contribution in [0.15, 0.2) is 59.1 Å². The van der Waals surface area contributed by atoms with Crippen LogP contribution in [-0.4, -0.2) is 16.0 Å². The molecule has 1 heterocycles. The van der Waals surface area contributed by atoms with Crippen molar-refractivity contribution >= 4 is 17.3 Å². The summed E-state index contributed by atoms with van der Waals surface area (Å²) >= 11 is 0. The van der Waals surface area contributed by atoms with Gasteiger partial charge in [-0.05, 0) is 23.8 Å². The quantitative estimate of drug-likeness (QED) is 0.728. The number of hydrogen-bond donors (Lipinski definition) is 2. The van der Waals surface area contributed by atoms with Gasteiger partial charge < -0.3 is 15.2 Å². The Hall–Kier alpha value is -3.15. The van der Waals surface area contributed by atoms with Gasteiger partial charge in [-0.2, -0.15) is 4.98 Å². The molecule has 0 aliphatic rings. The van der Waals surface area contributed by atoms with E-state index in [4.69, 9.17) is 4.52 Å². The number of carbonyl (C=O) groups is 1. The van der Waals surface area contributed by atoms with E-state index in [0.717, 1.165) is 16.9 Å². The Labute approximate surface area is 139 Å². The molecule has 0 saturated carbocycles. The zero-order valence-electron chi connectivity index (χ0n) is 13.3. The Morgan fingerprint density at radius 2 is 1.88 bits per heavy atom. The van der Waals surface area contributed by atoms with Crippen molar-refractivity contribution < 1.29 is 9.32 Å². The summed E-state index contributed by atoms with van der Waals surface area (Å²) in [4.78, 5) is 15.5. The number of amides is 1. The Balaban J connectivity index is 1.58. The van der Waals surface area contributed by atoms with Crippen molar-refractivity contribution in [1.82, 2.24) is 10.1 Å². The number of nitrogens with zero attached hydrogens (tertiary/aromatic N) is 2. The number of hydrogen-bond acceptors (Lipinski definition) is 5. The van der Waals surface area contributed by atoms with E-state index in [1.54, 1.807) is 0 Å². The van der Waals surface area contributed by atoms with E-state index in [2.05, 4.69) is 20.8 Å². The van der Waals surface area contributed by atoms with Gasteiger partial charge in [0, 0.05) is 18.3 Å². The second kappa shape index (κ2) is 7.41. The molecule has 0 unspecified atom stereocenters. The van der Waals surface area contributed by atoms with E-state index >= 15 is 0 Å². The van der Waals surface area contributed by atoms with E-state index < -0.39 is 0 Å². The van der Waals surface area contributed by atoms with Crippen LogP contribution in [0.5, 0.6) is 0 Å². The first kappa shape index (κ1) is 15.7. The van der Waals surface area contributed by atoms with Crippen molar-refractivity contribution in [2.45, 2.75) is 19.9 Å². The Morgan fingerprint density at radius 1 is 1.08 bits per heavy atom. The van der Waals surface area contributed by atoms with Gasteiger partial charge in [0.25, 0.3) is 0 Å². The maximum atomic E-state index is 11.1. The number of rotatable bonds is 6. The molecule has 2 aromatic carbocycles. The SMILES string of the molecule is CC(=O)Nc1cccc(NCc2noc(Cc3ccccc3)n2)c1. The zero-order valence-corrected chi connectivity index (χ0v) is 13.3. The Bertz CT molecular complexity index is 815. The highest BCUT2D eigenvalue weighted by atomic mass is 16.5. The zero-order chi connectivity index (χ0) is 16.8. The fourth-order valence-electron chi connectivity index (χ4n) is 2.30. The van der Waals surface area contributed by atoms with Gasteiger partial charge >= 0.3 is 0 Å². The van der Waals surface area contributed by atoms with Gasteiger partial charge in [0.1, 0.15) is 0 Å². The smallest absolute Gasteiger partial charge is 0.231 e.